The maximum atomic E-state index is 6.14. The van der Waals surface area contributed by atoms with Crippen LogP contribution in [0.5, 0.6) is 0 Å². The van der Waals surface area contributed by atoms with E-state index in [1.165, 1.54) is 96.9 Å². The van der Waals surface area contributed by atoms with Gasteiger partial charge in [0.1, 0.15) is 0 Å². The quantitative estimate of drug-likeness (QED) is 0.846. The van der Waals surface area contributed by atoms with E-state index in [0.29, 0.717) is 5.41 Å². The molecule has 122 valence electrons. The first-order chi connectivity index (χ1) is 10.3. The standard InChI is InChI=1S/C18H35N3/c19-16-18(8-3-1-4-9-18)10-14-20-13-7-17(15-20)21-11-5-2-6-12-21/h17H,1-16,19H2. The second-order valence-electron chi connectivity index (χ2n) is 7.85. The van der Waals surface area contributed by atoms with Gasteiger partial charge >= 0.3 is 0 Å². The summed E-state index contributed by atoms with van der Waals surface area (Å²) in [6.45, 7) is 7.55. The lowest BCUT2D eigenvalue weighted by Gasteiger charge is -2.37. The van der Waals surface area contributed by atoms with E-state index in [2.05, 4.69) is 9.80 Å². The minimum Gasteiger partial charge on any atom is -0.330 e. The van der Waals surface area contributed by atoms with Crippen LogP contribution in [0.25, 0.3) is 0 Å². The summed E-state index contributed by atoms with van der Waals surface area (Å²) in [6, 6.07) is 0.852. The highest BCUT2D eigenvalue weighted by atomic mass is 15.3. The molecule has 0 spiro atoms. The van der Waals surface area contributed by atoms with Gasteiger partial charge in [-0.2, -0.15) is 0 Å². The topological polar surface area (TPSA) is 32.5 Å². The molecule has 3 rings (SSSR count). The molecule has 2 aliphatic heterocycles. The fraction of sp³-hybridized carbons (Fsp3) is 1.00. The third kappa shape index (κ3) is 4.00. The maximum Gasteiger partial charge on any atom is 0.0235 e. The molecule has 3 fully saturated rings. The van der Waals surface area contributed by atoms with Gasteiger partial charge in [-0.15, -0.1) is 0 Å². The van der Waals surface area contributed by atoms with E-state index in [-0.39, 0.29) is 0 Å². The molecule has 2 N–H and O–H groups in total. The van der Waals surface area contributed by atoms with Crippen molar-refractivity contribution in [3.63, 3.8) is 0 Å². The van der Waals surface area contributed by atoms with E-state index < -0.39 is 0 Å². The Morgan fingerprint density at radius 2 is 1.62 bits per heavy atom. The van der Waals surface area contributed by atoms with Crippen molar-refractivity contribution in [1.29, 1.82) is 0 Å². The largest absolute Gasteiger partial charge is 0.330 e. The summed E-state index contributed by atoms with van der Waals surface area (Å²) in [6.07, 6.45) is 14.1. The van der Waals surface area contributed by atoms with Crippen molar-refractivity contribution in [2.24, 2.45) is 11.1 Å². The Bertz CT molecular complexity index is 306. The molecule has 1 atom stereocenters. The Labute approximate surface area is 131 Å². The summed E-state index contributed by atoms with van der Waals surface area (Å²) in [7, 11) is 0. The van der Waals surface area contributed by atoms with Crippen LogP contribution in [0.4, 0.5) is 0 Å². The maximum absolute atomic E-state index is 6.14. The third-order valence-electron chi connectivity index (χ3n) is 6.46. The van der Waals surface area contributed by atoms with Crippen LogP contribution in [0.2, 0.25) is 0 Å². The van der Waals surface area contributed by atoms with Gasteiger partial charge < -0.3 is 10.6 Å². The normalized spacial score (nSPS) is 31.6. The van der Waals surface area contributed by atoms with E-state index in [0.717, 1.165) is 12.6 Å². The number of likely N-dealkylation sites (tertiary alicyclic amines) is 2. The Morgan fingerprint density at radius 3 is 2.33 bits per heavy atom. The average molecular weight is 293 g/mol. The SMILES string of the molecule is NCC1(CCN2CCC(N3CCCCC3)C2)CCCCC1. The predicted octanol–water partition coefficient (Wildman–Crippen LogP) is 2.85. The second kappa shape index (κ2) is 7.43. The second-order valence-corrected chi connectivity index (χ2v) is 7.85. The molecule has 2 heterocycles. The van der Waals surface area contributed by atoms with Crippen LogP contribution < -0.4 is 5.73 Å². The number of nitrogens with zero attached hydrogens (tertiary/aromatic N) is 2. The first-order valence-electron chi connectivity index (χ1n) is 9.48. The molecule has 2 saturated heterocycles. The van der Waals surface area contributed by atoms with Gasteiger partial charge in [-0.25, -0.2) is 0 Å². The lowest BCUT2D eigenvalue weighted by atomic mass is 9.72. The van der Waals surface area contributed by atoms with Gasteiger partial charge in [0, 0.05) is 12.6 Å². The van der Waals surface area contributed by atoms with Crippen LogP contribution >= 0.6 is 0 Å². The smallest absolute Gasteiger partial charge is 0.0235 e. The van der Waals surface area contributed by atoms with Gasteiger partial charge in [0.2, 0.25) is 0 Å². The molecular formula is C18H35N3. The molecule has 3 heteroatoms. The Hall–Kier alpha value is -0.120. The summed E-state index contributed by atoms with van der Waals surface area (Å²) < 4.78 is 0. The highest BCUT2D eigenvalue weighted by molar-refractivity contribution is 4.88. The van der Waals surface area contributed by atoms with E-state index in [9.17, 15) is 0 Å². The molecule has 0 radical (unpaired) electrons. The molecule has 0 bridgehead atoms. The van der Waals surface area contributed by atoms with Crippen molar-refractivity contribution in [2.75, 3.05) is 39.3 Å². The highest BCUT2D eigenvalue weighted by Gasteiger charge is 2.33. The number of rotatable bonds is 5. The third-order valence-corrected chi connectivity index (χ3v) is 6.46. The van der Waals surface area contributed by atoms with E-state index in [1.54, 1.807) is 0 Å². The Morgan fingerprint density at radius 1 is 0.905 bits per heavy atom. The fourth-order valence-corrected chi connectivity index (χ4v) is 4.85. The molecule has 3 aliphatic rings. The molecule has 3 nitrogen and oxygen atoms in total. The first-order valence-corrected chi connectivity index (χ1v) is 9.48. The van der Waals surface area contributed by atoms with E-state index >= 15 is 0 Å². The summed E-state index contributed by atoms with van der Waals surface area (Å²) in [5, 5.41) is 0. The van der Waals surface area contributed by atoms with Gasteiger partial charge in [0.05, 0.1) is 0 Å². The van der Waals surface area contributed by atoms with Gasteiger partial charge in [-0.05, 0) is 76.7 Å². The zero-order valence-corrected chi connectivity index (χ0v) is 13.9. The van der Waals surface area contributed by atoms with Crippen molar-refractivity contribution in [3.05, 3.63) is 0 Å². The molecule has 0 aromatic heterocycles. The molecular weight excluding hydrogens is 258 g/mol. The van der Waals surface area contributed by atoms with Crippen LogP contribution in [0, 0.1) is 5.41 Å². The van der Waals surface area contributed by atoms with Crippen molar-refractivity contribution in [2.45, 2.75) is 70.3 Å². The number of hydrogen-bond acceptors (Lipinski definition) is 3. The fourth-order valence-electron chi connectivity index (χ4n) is 4.85. The summed E-state index contributed by atoms with van der Waals surface area (Å²) in [5.74, 6) is 0. The monoisotopic (exact) mass is 293 g/mol. The molecule has 1 unspecified atom stereocenters. The van der Waals surface area contributed by atoms with Gasteiger partial charge in [0.15, 0.2) is 0 Å². The minimum atomic E-state index is 0.488. The Balaban J connectivity index is 1.43. The average Bonchev–Trinajstić information content (AvgIpc) is 3.04. The number of nitrogens with two attached hydrogens (primary N) is 1. The van der Waals surface area contributed by atoms with Gasteiger partial charge in [-0.3, -0.25) is 4.90 Å². The molecule has 0 aromatic rings. The number of piperidine rings is 1. The summed E-state index contributed by atoms with van der Waals surface area (Å²) in [5.41, 5.74) is 6.63. The molecule has 1 saturated carbocycles. The van der Waals surface area contributed by atoms with Crippen molar-refractivity contribution >= 4 is 0 Å². The van der Waals surface area contributed by atoms with Gasteiger partial charge in [-0.1, -0.05) is 25.7 Å². The van der Waals surface area contributed by atoms with Gasteiger partial charge in [0.25, 0.3) is 0 Å². The highest BCUT2D eigenvalue weighted by Crippen LogP contribution is 2.38. The molecule has 0 amide bonds. The van der Waals surface area contributed by atoms with Crippen LogP contribution in [0.1, 0.15) is 64.2 Å². The van der Waals surface area contributed by atoms with Crippen LogP contribution in [-0.2, 0) is 0 Å². The molecule has 21 heavy (non-hydrogen) atoms. The predicted molar refractivity (Wildman–Crippen MR) is 89.5 cm³/mol. The van der Waals surface area contributed by atoms with Crippen LogP contribution in [0.3, 0.4) is 0 Å². The van der Waals surface area contributed by atoms with Crippen molar-refractivity contribution < 1.29 is 0 Å². The van der Waals surface area contributed by atoms with Crippen molar-refractivity contribution in [1.82, 2.24) is 9.80 Å². The lowest BCUT2D eigenvalue weighted by molar-refractivity contribution is 0.140. The van der Waals surface area contributed by atoms with E-state index in [1.807, 2.05) is 0 Å². The Kier molecular flexibility index (Phi) is 5.58. The minimum absolute atomic E-state index is 0.488. The summed E-state index contributed by atoms with van der Waals surface area (Å²) in [4.78, 5) is 5.49. The zero-order valence-electron chi connectivity index (χ0n) is 13.9. The van der Waals surface area contributed by atoms with Crippen LogP contribution in [0.15, 0.2) is 0 Å². The number of hydrogen-bond donors (Lipinski definition) is 1. The molecule has 1 aliphatic carbocycles. The molecule has 0 aromatic carbocycles. The lowest BCUT2D eigenvalue weighted by Crippen LogP contribution is -2.41. The van der Waals surface area contributed by atoms with E-state index in [4.69, 9.17) is 5.73 Å². The first kappa shape index (κ1) is 15.8. The summed E-state index contributed by atoms with van der Waals surface area (Å²) >= 11 is 0. The zero-order chi connectivity index (χ0) is 14.5. The van der Waals surface area contributed by atoms with Crippen molar-refractivity contribution in [3.8, 4) is 0 Å². The van der Waals surface area contributed by atoms with Crippen LogP contribution in [-0.4, -0.2) is 55.1 Å².